The lowest BCUT2D eigenvalue weighted by Crippen LogP contribution is -2.33. The Kier molecular flexibility index (Phi) is 9.00. The molecule has 0 fully saturated rings. The van der Waals surface area contributed by atoms with E-state index in [9.17, 15) is 13.2 Å². The topological polar surface area (TPSA) is 84.9 Å². The first-order valence-corrected chi connectivity index (χ1v) is 12.1. The number of sulfonamides is 1. The van der Waals surface area contributed by atoms with Crippen molar-refractivity contribution in [1.29, 1.82) is 0 Å². The predicted molar refractivity (Wildman–Crippen MR) is 124 cm³/mol. The molecule has 1 N–H and O–H groups in total. The molecule has 0 spiro atoms. The molecule has 0 aliphatic carbocycles. The van der Waals surface area contributed by atoms with E-state index in [4.69, 9.17) is 21.1 Å². The SMILES string of the molecule is COc1ccc(N(CCCC(=O)NCCOc2ccc(C)cc2C)S(C)(=O)=O)cc1Cl. The largest absolute Gasteiger partial charge is 0.495 e. The summed E-state index contributed by atoms with van der Waals surface area (Å²) in [5.41, 5.74) is 2.64. The fraction of sp³-hybridized carbons (Fsp3) is 0.409. The average molecular weight is 469 g/mol. The highest BCUT2D eigenvalue weighted by molar-refractivity contribution is 7.92. The van der Waals surface area contributed by atoms with Crippen LogP contribution in [0.15, 0.2) is 36.4 Å². The van der Waals surface area contributed by atoms with Crippen molar-refractivity contribution in [3.63, 3.8) is 0 Å². The number of aryl methyl sites for hydroxylation is 2. The number of amides is 1. The van der Waals surface area contributed by atoms with Gasteiger partial charge >= 0.3 is 0 Å². The fourth-order valence-corrected chi connectivity index (χ4v) is 4.29. The van der Waals surface area contributed by atoms with E-state index in [1.807, 2.05) is 32.0 Å². The summed E-state index contributed by atoms with van der Waals surface area (Å²) in [6.07, 6.45) is 1.68. The number of nitrogens with one attached hydrogen (secondary N) is 1. The maximum Gasteiger partial charge on any atom is 0.232 e. The minimum Gasteiger partial charge on any atom is -0.495 e. The van der Waals surface area contributed by atoms with Gasteiger partial charge in [-0.25, -0.2) is 8.42 Å². The highest BCUT2D eigenvalue weighted by atomic mass is 35.5. The van der Waals surface area contributed by atoms with Gasteiger partial charge in [-0.3, -0.25) is 9.10 Å². The van der Waals surface area contributed by atoms with Gasteiger partial charge in [0.1, 0.15) is 18.1 Å². The van der Waals surface area contributed by atoms with Crippen molar-refractivity contribution in [2.45, 2.75) is 26.7 Å². The van der Waals surface area contributed by atoms with Crippen LogP contribution in [0, 0.1) is 13.8 Å². The Labute approximate surface area is 189 Å². The Morgan fingerprint density at radius 1 is 1.13 bits per heavy atom. The van der Waals surface area contributed by atoms with E-state index < -0.39 is 10.0 Å². The molecule has 0 aliphatic heterocycles. The minimum absolute atomic E-state index is 0.161. The second-order valence-electron chi connectivity index (χ2n) is 7.22. The summed E-state index contributed by atoms with van der Waals surface area (Å²) in [6, 6.07) is 10.7. The number of rotatable bonds is 11. The second-order valence-corrected chi connectivity index (χ2v) is 9.54. The van der Waals surface area contributed by atoms with Crippen molar-refractivity contribution < 1.29 is 22.7 Å². The maximum absolute atomic E-state index is 12.2. The number of methoxy groups -OCH3 is 1. The van der Waals surface area contributed by atoms with Crippen LogP contribution in [0.4, 0.5) is 5.69 Å². The van der Waals surface area contributed by atoms with Gasteiger partial charge in [0, 0.05) is 13.0 Å². The number of benzene rings is 2. The lowest BCUT2D eigenvalue weighted by molar-refractivity contribution is -0.121. The van der Waals surface area contributed by atoms with Crippen LogP contribution in [-0.4, -0.2) is 47.4 Å². The van der Waals surface area contributed by atoms with Crippen LogP contribution in [0.5, 0.6) is 11.5 Å². The highest BCUT2D eigenvalue weighted by Gasteiger charge is 2.19. The smallest absolute Gasteiger partial charge is 0.232 e. The molecule has 170 valence electrons. The van der Waals surface area contributed by atoms with Crippen molar-refractivity contribution in [3.8, 4) is 11.5 Å². The summed E-state index contributed by atoms with van der Waals surface area (Å²) < 4.78 is 36.4. The molecule has 0 radical (unpaired) electrons. The fourth-order valence-electron chi connectivity index (χ4n) is 3.08. The monoisotopic (exact) mass is 468 g/mol. The number of hydrogen-bond acceptors (Lipinski definition) is 5. The van der Waals surface area contributed by atoms with Crippen molar-refractivity contribution >= 4 is 33.2 Å². The lowest BCUT2D eigenvalue weighted by Gasteiger charge is -2.23. The van der Waals surface area contributed by atoms with Crippen molar-refractivity contribution in [1.82, 2.24) is 5.32 Å². The molecule has 0 aromatic heterocycles. The van der Waals surface area contributed by atoms with Gasteiger partial charge in [0.05, 0.1) is 30.6 Å². The Morgan fingerprint density at radius 3 is 2.45 bits per heavy atom. The molecular weight excluding hydrogens is 440 g/mol. The molecular formula is C22H29ClN2O5S. The zero-order valence-corrected chi connectivity index (χ0v) is 19.8. The summed E-state index contributed by atoms with van der Waals surface area (Å²) in [5.74, 6) is 1.09. The number of halogens is 1. The molecule has 0 aliphatic rings. The Balaban J connectivity index is 1.81. The molecule has 9 heteroatoms. The first-order chi connectivity index (χ1) is 14.6. The molecule has 0 unspecified atom stereocenters. The van der Waals surface area contributed by atoms with Gasteiger partial charge in [-0.05, 0) is 50.1 Å². The molecule has 2 rings (SSSR count). The van der Waals surface area contributed by atoms with Crippen LogP contribution < -0.4 is 19.1 Å². The van der Waals surface area contributed by atoms with Crippen molar-refractivity contribution in [3.05, 3.63) is 52.5 Å². The van der Waals surface area contributed by atoms with Crippen LogP contribution in [0.2, 0.25) is 5.02 Å². The summed E-state index contributed by atoms with van der Waals surface area (Å²) in [6.45, 7) is 4.88. The number of hydrogen-bond donors (Lipinski definition) is 1. The zero-order chi connectivity index (χ0) is 23.0. The number of carbonyl (C=O) groups excluding carboxylic acids is 1. The molecule has 7 nitrogen and oxygen atoms in total. The van der Waals surface area contributed by atoms with E-state index in [1.165, 1.54) is 23.0 Å². The molecule has 0 saturated carbocycles. The molecule has 0 bridgehead atoms. The summed E-state index contributed by atoms with van der Waals surface area (Å²) in [4.78, 5) is 12.1. The van der Waals surface area contributed by atoms with Gasteiger partial charge in [-0.2, -0.15) is 0 Å². The molecule has 2 aromatic carbocycles. The Bertz CT molecular complexity index is 1010. The van der Waals surface area contributed by atoms with Crippen LogP contribution >= 0.6 is 11.6 Å². The van der Waals surface area contributed by atoms with Gasteiger partial charge in [0.2, 0.25) is 15.9 Å². The maximum atomic E-state index is 12.2. The third-order valence-electron chi connectivity index (χ3n) is 4.60. The molecule has 0 saturated heterocycles. The first-order valence-electron chi connectivity index (χ1n) is 9.90. The number of ether oxygens (including phenoxy) is 2. The van der Waals surface area contributed by atoms with Crippen LogP contribution in [-0.2, 0) is 14.8 Å². The van der Waals surface area contributed by atoms with Crippen molar-refractivity contribution in [2.24, 2.45) is 0 Å². The standard InChI is InChI=1S/C22H29ClN2O5S/c1-16-7-9-20(17(2)14-16)30-13-11-24-22(26)6-5-12-25(31(4,27)28)18-8-10-21(29-3)19(23)15-18/h7-10,14-15H,5-6,11-13H2,1-4H3,(H,24,26). The molecule has 1 amide bonds. The third kappa shape index (κ3) is 7.63. The third-order valence-corrected chi connectivity index (χ3v) is 6.09. The minimum atomic E-state index is -3.53. The normalized spacial score (nSPS) is 11.1. The molecule has 0 atom stereocenters. The molecule has 2 aromatic rings. The molecule has 0 heterocycles. The van der Waals surface area contributed by atoms with Crippen LogP contribution in [0.1, 0.15) is 24.0 Å². The van der Waals surface area contributed by atoms with Gasteiger partial charge in [-0.15, -0.1) is 0 Å². The average Bonchev–Trinajstić information content (AvgIpc) is 2.69. The van der Waals surface area contributed by atoms with Gasteiger partial charge < -0.3 is 14.8 Å². The number of nitrogens with zero attached hydrogens (tertiary/aromatic N) is 1. The van der Waals surface area contributed by atoms with Crippen LogP contribution in [0.3, 0.4) is 0 Å². The van der Waals surface area contributed by atoms with E-state index >= 15 is 0 Å². The Hall–Kier alpha value is -2.45. The van der Waals surface area contributed by atoms with E-state index in [1.54, 1.807) is 12.1 Å². The first kappa shape index (κ1) is 24.8. The quantitative estimate of drug-likeness (QED) is 0.508. The van der Waals surface area contributed by atoms with Crippen LogP contribution in [0.25, 0.3) is 0 Å². The second kappa shape index (κ2) is 11.2. The van der Waals surface area contributed by atoms with E-state index in [2.05, 4.69) is 5.32 Å². The Morgan fingerprint density at radius 2 is 1.84 bits per heavy atom. The van der Waals surface area contributed by atoms with E-state index in [0.717, 1.165) is 17.6 Å². The summed E-state index contributed by atoms with van der Waals surface area (Å²) >= 11 is 6.12. The highest BCUT2D eigenvalue weighted by Crippen LogP contribution is 2.30. The van der Waals surface area contributed by atoms with E-state index in [-0.39, 0.29) is 18.9 Å². The van der Waals surface area contributed by atoms with Crippen molar-refractivity contribution in [2.75, 3.05) is 37.4 Å². The van der Waals surface area contributed by atoms with Gasteiger partial charge in [0.25, 0.3) is 0 Å². The summed E-state index contributed by atoms with van der Waals surface area (Å²) in [7, 11) is -2.04. The molecule has 31 heavy (non-hydrogen) atoms. The predicted octanol–water partition coefficient (Wildman–Crippen LogP) is 3.71. The van der Waals surface area contributed by atoms with Gasteiger partial charge in [0.15, 0.2) is 0 Å². The number of carbonyl (C=O) groups is 1. The summed E-state index contributed by atoms with van der Waals surface area (Å²) in [5, 5.41) is 3.11. The number of anilines is 1. The van der Waals surface area contributed by atoms with Gasteiger partial charge in [-0.1, -0.05) is 29.3 Å². The zero-order valence-electron chi connectivity index (χ0n) is 18.3. The van der Waals surface area contributed by atoms with E-state index in [0.29, 0.717) is 36.0 Å². The lowest BCUT2D eigenvalue weighted by atomic mass is 10.1.